The number of likely N-dealkylation sites (tertiary alicyclic amines) is 1. The zero-order valence-corrected chi connectivity index (χ0v) is 11.7. The number of carboxylic acid groups (broad SMARTS) is 1. The van der Waals surface area contributed by atoms with Crippen molar-refractivity contribution in [3.8, 4) is 0 Å². The van der Waals surface area contributed by atoms with E-state index in [4.69, 9.17) is 0 Å². The van der Waals surface area contributed by atoms with Gasteiger partial charge in [0.2, 0.25) is 5.91 Å². The van der Waals surface area contributed by atoms with Crippen LogP contribution in [0.25, 0.3) is 0 Å². The van der Waals surface area contributed by atoms with Crippen LogP contribution in [0.4, 0.5) is 0 Å². The fraction of sp³-hybridized carbons (Fsp3) is 0.400. The van der Waals surface area contributed by atoms with E-state index < -0.39 is 29.4 Å². The Kier molecular flexibility index (Phi) is 4.09. The predicted molar refractivity (Wildman–Crippen MR) is 73.3 cm³/mol. The van der Waals surface area contributed by atoms with E-state index in [0.717, 1.165) is 10.5 Å². The first-order chi connectivity index (χ1) is 9.88. The molecule has 2 amide bonds. The monoisotopic (exact) mass is 291 g/mol. The lowest BCUT2D eigenvalue weighted by molar-refractivity contribution is -0.164. The third-order valence-electron chi connectivity index (χ3n) is 3.75. The molecule has 112 valence electrons. The number of aliphatic carboxylic acids is 1. The van der Waals surface area contributed by atoms with Gasteiger partial charge in [0.15, 0.2) is 5.54 Å². The van der Waals surface area contributed by atoms with E-state index in [1.165, 1.54) is 6.92 Å². The third kappa shape index (κ3) is 2.67. The molecule has 0 radical (unpaired) electrons. The van der Waals surface area contributed by atoms with Crippen molar-refractivity contribution in [2.45, 2.75) is 37.8 Å². The van der Waals surface area contributed by atoms with Gasteiger partial charge >= 0.3 is 5.97 Å². The van der Waals surface area contributed by atoms with Gasteiger partial charge in [-0.3, -0.25) is 14.5 Å². The summed E-state index contributed by atoms with van der Waals surface area (Å²) in [6.07, 6.45) is -1.35. The van der Waals surface area contributed by atoms with Gasteiger partial charge in [0.1, 0.15) is 6.10 Å². The van der Waals surface area contributed by atoms with E-state index in [0.29, 0.717) is 0 Å². The van der Waals surface area contributed by atoms with Crippen molar-refractivity contribution in [3.63, 3.8) is 0 Å². The molecule has 0 spiro atoms. The van der Waals surface area contributed by atoms with E-state index in [-0.39, 0.29) is 19.3 Å². The molecule has 0 bridgehead atoms. The summed E-state index contributed by atoms with van der Waals surface area (Å²) in [5.74, 6) is -2.65. The van der Waals surface area contributed by atoms with Gasteiger partial charge in [-0.15, -0.1) is 0 Å². The zero-order chi connectivity index (χ0) is 15.6. The molecule has 1 aliphatic heterocycles. The number of hydrogen-bond donors (Lipinski definition) is 2. The van der Waals surface area contributed by atoms with Gasteiger partial charge in [-0.2, -0.15) is 0 Å². The van der Waals surface area contributed by atoms with Crippen LogP contribution in [0.1, 0.15) is 25.3 Å². The quantitative estimate of drug-likeness (QED) is 0.846. The van der Waals surface area contributed by atoms with Crippen LogP contribution in [0, 0.1) is 0 Å². The van der Waals surface area contributed by atoms with E-state index >= 15 is 0 Å². The molecule has 1 saturated heterocycles. The summed E-state index contributed by atoms with van der Waals surface area (Å²) in [6, 6.07) is 8.83. The molecule has 21 heavy (non-hydrogen) atoms. The molecular weight excluding hydrogens is 274 g/mol. The predicted octanol–water partition coefficient (Wildman–Crippen LogP) is 0.582. The molecule has 6 heteroatoms. The largest absolute Gasteiger partial charge is 0.479 e. The van der Waals surface area contributed by atoms with Crippen LogP contribution in [-0.4, -0.2) is 44.5 Å². The number of amides is 2. The fourth-order valence-corrected chi connectivity index (χ4v) is 2.68. The van der Waals surface area contributed by atoms with Crippen molar-refractivity contribution >= 4 is 17.8 Å². The summed E-state index contributed by atoms with van der Waals surface area (Å²) in [6.45, 7) is 1.23. The number of carbonyl (C=O) groups is 3. The van der Waals surface area contributed by atoms with Gasteiger partial charge in [-0.1, -0.05) is 30.3 Å². The van der Waals surface area contributed by atoms with Crippen LogP contribution in [0.5, 0.6) is 0 Å². The molecule has 2 rings (SSSR count). The molecule has 0 aromatic heterocycles. The number of imide groups is 1. The summed E-state index contributed by atoms with van der Waals surface area (Å²) in [5, 5.41) is 19.1. The van der Waals surface area contributed by atoms with Crippen molar-refractivity contribution in [1.82, 2.24) is 4.90 Å². The SMILES string of the molecule is CC(O)C(=O)N1C(=O)CC[C@@]1(Cc1ccccc1)C(=O)O. The van der Waals surface area contributed by atoms with E-state index in [9.17, 15) is 24.6 Å². The first kappa shape index (κ1) is 15.2. The van der Waals surface area contributed by atoms with Gasteiger partial charge < -0.3 is 10.2 Å². The van der Waals surface area contributed by atoms with E-state index in [1.54, 1.807) is 30.3 Å². The lowest BCUT2D eigenvalue weighted by Crippen LogP contribution is -2.58. The summed E-state index contributed by atoms with van der Waals surface area (Å²) in [5.41, 5.74) is -0.898. The Labute approximate surface area is 122 Å². The average molecular weight is 291 g/mol. The van der Waals surface area contributed by atoms with Crippen molar-refractivity contribution in [2.24, 2.45) is 0 Å². The fourth-order valence-electron chi connectivity index (χ4n) is 2.68. The molecule has 1 heterocycles. The molecule has 1 aromatic rings. The van der Waals surface area contributed by atoms with Crippen LogP contribution >= 0.6 is 0 Å². The van der Waals surface area contributed by atoms with Gasteiger partial charge in [-0.25, -0.2) is 4.79 Å². The summed E-state index contributed by atoms with van der Waals surface area (Å²) in [4.78, 5) is 36.5. The Bertz CT molecular complexity index is 569. The smallest absolute Gasteiger partial charge is 0.330 e. The molecule has 1 aliphatic rings. The standard InChI is InChI=1S/C15H17NO5/c1-10(17)13(19)16-12(18)7-8-15(16,14(20)21)9-11-5-3-2-4-6-11/h2-6,10,17H,7-9H2,1H3,(H,20,21)/t10?,15-/m1/s1. The van der Waals surface area contributed by atoms with Gasteiger partial charge in [-0.05, 0) is 18.9 Å². The minimum absolute atomic E-state index is 0.0163. The van der Waals surface area contributed by atoms with Crippen LogP contribution < -0.4 is 0 Å². The normalized spacial score (nSPS) is 23.1. The number of hydrogen-bond acceptors (Lipinski definition) is 4. The molecule has 0 aliphatic carbocycles. The van der Waals surface area contributed by atoms with Crippen LogP contribution in [0.2, 0.25) is 0 Å². The highest BCUT2D eigenvalue weighted by Gasteiger charge is 2.54. The topological polar surface area (TPSA) is 94.9 Å². The van der Waals surface area contributed by atoms with Crippen LogP contribution in [0.15, 0.2) is 30.3 Å². The Morgan fingerprint density at radius 2 is 1.95 bits per heavy atom. The maximum Gasteiger partial charge on any atom is 0.330 e. The Hall–Kier alpha value is -2.21. The zero-order valence-electron chi connectivity index (χ0n) is 11.7. The number of nitrogens with zero attached hydrogens (tertiary/aromatic N) is 1. The number of carbonyl (C=O) groups excluding carboxylic acids is 2. The minimum atomic E-state index is -1.62. The number of rotatable bonds is 4. The van der Waals surface area contributed by atoms with Gasteiger partial charge in [0.25, 0.3) is 5.91 Å². The summed E-state index contributed by atoms with van der Waals surface area (Å²) in [7, 11) is 0. The second-order valence-electron chi connectivity index (χ2n) is 5.24. The Balaban J connectivity index is 2.43. The molecule has 2 atom stereocenters. The third-order valence-corrected chi connectivity index (χ3v) is 3.75. The molecule has 1 fully saturated rings. The van der Waals surface area contributed by atoms with Gasteiger partial charge in [0.05, 0.1) is 0 Å². The van der Waals surface area contributed by atoms with Gasteiger partial charge in [0, 0.05) is 12.8 Å². The van der Waals surface area contributed by atoms with Crippen molar-refractivity contribution < 1.29 is 24.6 Å². The lowest BCUT2D eigenvalue weighted by atomic mass is 9.88. The second-order valence-corrected chi connectivity index (χ2v) is 5.24. The summed E-state index contributed by atoms with van der Waals surface area (Å²) >= 11 is 0. The molecule has 6 nitrogen and oxygen atoms in total. The second kappa shape index (κ2) is 5.65. The maximum absolute atomic E-state index is 12.1. The van der Waals surface area contributed by atoms with E-state index in [2.05, 4.69) is 0 Å². The van der Waals surface area contributed by atoms with Crippen LogP contribution in [-0.2, 0) is 20.8 Å². The number of aliphatic hydroxyl groups excluding tert-OH is 1. The highest BCUT2D eigenvalue weighted by atomic mass is 16.4. The Morgan fingerprint density at radius 3 is 2.48 bits per heavy atom. The van der Waals surface area contributed by atoms with Crippen molar-refractivity contribution in [1.29, 1.82) is 0 Å². The van der Waals surface area contributed by atoms with E-state index in [1.807, 2.05) is 0 Å². The first-order valence-electron chi connectivity index (χ1n) is 6.71. The maximum atomic E-state index is 12.1. The number of aliphatic hydroxyl groups is 1. The lowest BCUT2D eigenvalue weighted by Gasteiger charge is -2.34. The van der Waals surface area contributed by atoms with Crippen molar-refractivity contribution in [3.05, 3.63) is 35.9 Å². The number of carboxylic acids is 1. The van der Waals surface area contributed by atoms with Crippen molar-refractivity contribution in [2.75, 3.05) is 0 Å². The molecular formula is C15H17NO5. The van der Waals surface area contributed by atoms with Crippen LogP contribution in [0.3, 0.4) is 0 Å². The first-order valence-corrected chi connectivity index (χ1v) is 6.71. The molecule has 1 unspecified atom stereocenters. The molecule has 1 aromatic carbocycles. The minimum Gasteiger partial charge on any atom is -0.479 e. The Morgan fingerprint density at radius 1 is 1.33 bits per heavy atom. The summed E-state index contributed by atoms with van der Waals surface area (Å²) < 4.78 is 0. The molecule has 0 saturated carbocycles. The molecule has 2 N–H and O–H groups in total. The highest BCUT2D eigenvalue weighted by molar-refractivity contribution is 6.05. The number of benzene rings is 1. The average Bonchev–Trinajstić information content (AvgIpc) is 2.77. The highest BCUT2D eigenvalue weighted by Crippen LogP contribution is 2.34.